The van der Waals surface area contributed by atoms with Gasteiger partial charge in [0.25, 0.3) is 5.91 Å². The molecule has 0 saturated heterocycles. The van der Waals surface area contributed by atoms with Gasteiger partial charge in [-0.3, -0.25) is 4.79 Å². The highest BCUT2D eigenvalue weighted by atomic mass is 19.2. The number of hydrogen-bond acceptors (Lipinski definition) is 2. The van der Waals surface area contributed by atoms with Gasteiger partial charge in [0, 0.05) is 12.0 Å². The molecule has 0 aliphatic heterocycles. The van der Waals surface area contributed by atoms with E-state index in [1.807, 2.05) is 0 Å². The lowest BCUT2D eigenvalue weighted by molar-refractivity contribution is 0.0876. The van der Waals surface area contributed by atoms with Gasteiger partial charge in [-0.1, -0.05) is 18.9 Å². The number of aliphatic hydroxyl groups excluding tert-OH is 1. The zero-order chi connectivity index (χ0) is 13.9. The normalized spacial score (nSPS) is 17.4. The lowest BCUT2D eigenvalue weighted by Gasteiger charge is -2.26. The van der Waals surface area contributed by atoms with Crippen LogP contribution in [0.1, 0.15) is 36.0 Å². The molecule has 0 unspecified atom stereocenters. The fourth-order valence-corrected chi connectivity index (χ4v) is 2.56. The minimum atomic E-state index is -1.13. The minimum Gasteiger partial charge on any atom is -0.396 e. The smallest absolute Gasteiger partial charge is 0.254 e. The van der Waals surface area contributed by atoms with Crippen LogP contribution >= 0.6 is 0 Å². The van der Waals surface area contributed by atoms with Crippen LogP contribution < -0.4 is 5.32 Å². The molecule has 3 nitrogen and oxygen atoms in total. The van der Waals surface area contributed by atoms with E-state index in [2.05, 4.69) is 5.32 Å². The molecule has 104 valence electrons. The van der Waals surface area contributed by atoms with Crippen LogP contribution in [0.2, 0.25) is 0 Å². The molecule has 0 spiro atoms. The van der Waals surface area contributed by atoms with Crippen LogP contribution in [0.15, 0.2) is 18.2 Å². The van der Waals surface area contributed by atoms with Crippen LogP contribution in [0.5, 0.6) is 0 Å². The molecule has 1 aliphatic carbocycles. The first-order valence-corrected chi connectivity index (χ1v) is 6.41. The summed E-state index contributed by atoms with van der Waals surface area (Å²) in [7, 11) is 0. The first-order valence-electron chi connectivity index (χ1n) is 6.41. The predicted molar refractivity (Wildman–Crippen MR) is 66.7 cm³/mol. The lowest BCUT2D eigenvalue weighted by atomic mass is 9.87. The molecule has 0 aromatic heterocycles. The molecule has 1 amide bonds. The topological polar surface area (TPSA) is 49.3 Å². The number of nitrogens with one attached hydrogen (secondary N) is 1. The van der Waals surface area contributed by atoms with Crippen molar-refractivity contribution in [1.82, 2.24) is 5.32 Å². The second kappa shape index (κ2) is 5.65. The molecule has 0 radical (unpaired) electrons. The summed E-state index contributed by atoms with van der Waals surface area (Å²) in [5.41, 5.74) is -0.606. The van der Waals surface area contributed by atoms with Crippen LogP contribution in [0.25, 0.3) is 0 Å². The number of rotatable bonds is 4. The van der Waals surface area contributed by atoms with Crippen molar-refractivity contribution in [3.8, 4) is 0 Å². The molecule has 2 rings (SSSR count). The van der Waals surface area contributed by atoms with Crippen molar-refractivity contribution >= 4 is 5.91 Å². The van der Waals surface area contributed by atoms with Crippen molar-refractivity contribution in [1.29, 1.82) is 0 Å². The molecule has 0 heterocycles. The van der Waals surface area contributed by atoms with E-state index in [9.17, 15) is 18.7 Å². The number of hydrogen-bond donors (Lipinski definition) is 2. The Hall–Kier alpha value is -1.49. The molecule has 19 heavy (non-hydrogen) atoms. The maximum atomic E-state index is 13.4. The minimum absolute atomic E-state index is 0.00108. The van der Waals surface area contributed by atoms with Crippen LogP contribution in [0, 0.1) is 17.0 Å². The Labute approximate surface area is 110 Å². The zero-order valence-corrected chi connectivity index (χ0v) is 10.6. The zero-order valence-electron chi connectivity index (χ0n) is 10.6. The van der Waals surface area contributed by atoms with Gasteiger partial charge >= 0.3 is 0 Å². The van der Waals surface area contributed by atoms with Crippen LogP contribution in [-0.4, -0.2) is 24.2 Å². The Bertz CT molecular complexity index is 471. The van der Waals surface area contributed by atoms with Crippen molar-refractivity contribution in [3.05, 3.63) is 35.4 Å². The van der Waals surface area contributed by atoms with Crippen LogP contribution in [0.4, 0.5) is 8.78 Å². The van der Waals surface area contributed by atoms with E-state index in [4.69, 9.17) is 0 Å². The summed E-state index contributed by atoms with van der Waals surface area (Å²) >= 11 is 0. The molecule has 1 aromatic carbocycles. The third-order valence-electron chi connectivity index (χ3n) is 3.82. The Morgan fingerprint density at radius 2 is 2.00 bits per heavy atom. The monoisotopic (exact) mass is 269 g/mol. The van der Waals surface area contributed by atoms with Crippen molar-refractivity contribution in [3.63, 3.8) is 0 Å². The van der Waals surface area contributed by atoms with Gasteiger partial charge in [0.15, 0.2) is 11.6 Å². The Kier molecular flexibility index (Phi) is 4.14. The molecule has 1 fully saturated rings. The lowest BCUT2D eigenvalue weighted by Crippen LogP contribution is -2.38. The second-order valence-corrected chi connectivity index (χ2v) is 5.15. The summed E-state index contributed by atoms with van der Waals surface area (Å²) in [5, 5.41) is 12.0. The quantitative estimate of drug-likeness (QED) is 0.880. The van der Waals surface area contributed by atoms with E-state index >= 15 is 0 Å². The first kappa shape index (κ1) is 13.9. The number of carbonyl (C=O) groups is 1. The largest absolute Gasteiger partial charge is 0.396 e. The van der Waals surface area contributed by atoms with Gasteiger partial charge in [-0.15, -0.1) is 0 Å². The van der Waals surface area contributed by atoms with E-state index in [-0.39, 0.29) is 24.1 Å². The number of carbonyl (C=O) groups excluding carboxylic acids is 1. The maximum absolute atomic E-state index is 13.4. The van der Waals surface area contributed by atoms with Gasteiger partial charge in [0.05, 0.1) is 12.2 Å². The highest BCUT2D eigenvalue weighted by Gasteiger charge is 2.33. The van der Waals surface area contributed by atoms with Gasteiger partial charge in [-0.05, 0) is 25.0 Å². The maximum Gasteiger partial charge on any atom is 0.254 e. The van der Waals surface area contributed by atoms with E-state index in [1.165, 1.54) is 12.1 Å². The predicted octanol–water partition coefficient (Wildman–Crippen LogP) is 2.25. The van der Waals surface area contributed by atoms with Crippen molar-refractivity contribution in [2.45, 2.75) is 25.7 Å². The fraction of sp³-hybridized carbons (Fsp3) is 0.500. The second-order valence-electron chi connectivity index (χ2n) is 5.15. The highest BCUT2D eigenvalue weighted by Crippen LogP contribution is 2.36. The summed E-state index contributed by atoms with van der Waals surface area (Å²) in [6, 6.07) is 3.51. The van der Waals surface area contributed by atoms with Crippen molar-refractivity contribution < 1.29 is 18.7 Å². The first-order chi connectivity index (χ1) is 9.08. The molecule has 0 atom stereocenters. The number of halogens is 2. The van der Waals surface area contributed by atoms with Crippen LogP contribution in [-0.2, 0) is 0 Å². The van der Waals surface area contributed by atoms with Crippen molar-refractivity contribution in [2.75, 3.05) is 13.2 Å². The SMILES string of the molecule is O=C(NCC1(CO)CCCC1)c1cccc(F)c1F. The van der Waals surface area contributed by atoms with Gasteiger partial charge < -0.3 is 10.4 Å². The molecule has 5 heteroatoms. The third kappa shape index (κ3) is 2.92. The highest BCUT2D eigenvalue weighted by molar-refractivity contribution is 5.94. The third-order valence-corrected chi connectivity index (χ3v) is 3.82. The molecule has 0 bridgehead atoms. The van der Waals surface area contributed by atoms with Gasteiger partial charge in [-0.25, -0.2) is 8.78 Å². The molecular formula is C14H17F2NO2. The number of amides is 1. The van der Waals surface area contributed by atoms with E-state index < -0.39 is 17.5 Å². The van der Waals surface area contributed by atoms with Gasteiger partial charge in [0.1, 0.15) is 0 Å². The Balaban J connectivity index is 2.03. The fourth-order valence-electron chi connectivity index (χ4n) is 2.56. The van der Waals surface area contributed by atoms with Gasteiger partial charge in [0.2, 0.25) is 0 Å². The van der Waals surface area contributed by atoms with Gasteiger partial charge in [-0.2, -0.15) is 0 Å². The van der Waals surface area contributed by atoms with E-state index in [0.717, 1.165) is 31.7 Å². The van der Waals surface area contributed by atoms with Crippen molar-refractivity contribution in [2.24, 2.45) is 5.41 Å². The average molecular weight is 269 g/mol. The Morgan fingerprint density at radius 3 is 2.63 bits per heavy atom. The average Bonchev–Trinajstić information content (AvgIpc) is 2.89. The Morgan fingerprint density at radius 1 is 1.32 bits per heavy atom. The summed E-state index contributed by atoms with van der Waals surface area (Å²) in [4.78, 5) is 11.8. The molecule has 1 aliphatic rings. The summed E-state index contributed by atoms with van der Waals surface area (Å²) in [5.74, 6) is -2.81. The van der Waals surface area contributed by atoms with Crippen LogP contribution in [0.3, 0.4) is 0 Å². The van der Waals surface area contributed by atoms with E-state index in [1.54, 1.807) is 0 Å². The molecule has 2 N–H and O–H groups in total. The molecule has 1 saturated carbocycles. The summed E-state index contributed by atoms with van der Waals surface area (Å²) in [6.45, 7) is 0.289. The summed E-state index contributed by atoms with van der Waals surface area (Å²) < 4.78 is 26.5. The van der Waals surface area contributed by atoms with E-state index in [0.29, 0.717) is 0 Å². The number of aliphatic hydroxyl groups is 1. The molecular weight excluding hydrogens is 252 g/mol. The summed E-state index contributed by atoms with van der Waals surface area (Å²) in [6.07, 6.45) is 3.72. The number of benzene rings is 1. The standard InChI is InChI=1S/C14H17F2NO2/c15-11-5-3-4-10(12(11)16)13(19)17-8-14(9-18)6-1-2-7-14/h3-5,18H,1-2,6-9H2,(H,17,19). The molecule has 1 aromatic rings.